The van der Waals surface area contributed by atoms with Crippen molar-refractivity contribution in [3.63, 3.8) is 0 Å². The lowest BCUT2D eigenvalue weighted by atomic mass is 10.1. The fourth-order valence-electron chi connectivity index (χ4n) is 1.31. The maximum Gasteiger partial charge on any atom is 0.153 e. The van der Waals surface area contributed by atoms with Gasteiger partial charge in [0, 0.05) is 12.5 Å². The van der Waals surface area contributed by atoms with E-state index >= 15 is 0 Å². The van der Waals surface area contributed by atoms with Crippen LogP contribution in [0.25, 0.3) is 0 Å². The molecule has 0 saturated carbocycles. The van der Waals surface area contributed by atoms with Crippen LogP contribution in [0.1, 0.15) is 15.9 Å². The lowest BCUT2D eigenvalue weighted by molar-refractivity contribution is 0.111. The van der Waals surface area contributed by atoms with Gasteiger partial charge in [-0.2, -0.15) is 0 Å². The Bertz CT molecular complexity index is 334. The summed E-state index contributed by atoms with van der Waals surface area (Å²) in [5.74, 6) is 0.0590. The summed E-state index contributed by atoms with van der Waals surface area (Å²) >= 11 is 0. The van der Waals surface area contributed by atoms with E-state index in [1.54, 1.807) is 6.07 Å². The minimum Gasteiger partial charge on any atom is -0.493 e. The highest BCUT2D eigenvalue weighted by atomic mass is 19.1. The molecule has 0 bridgehead atoms. The van der Waals surface area contributed by atoms with Crippen LogP contribution in [0.2, 0.25) is 0 Å². The Kier molecular flexibility index (Phi) is 1.57. The standard InChI is InChI=1S/C9H7FO2/c10-8-4-9-6(1-2-12-9)3-7(8)5-11/h3-5H,1-2H2. The van der Waals surface area contributed by atoms with Gasteiger partial charge < -0.3 is 4.74 Å². The SMILES string of the molecule is O=Cc1cc2c(cc1F)OCC2. The number of ether oxygens (including phenoxy) is 1. The third kappa shape index (κ3) is 0.978. The summed E-state index contributed by atoms with van der Waals surface area (Å²) < 4.78 is 18.1. The van der Waals surface area contributed by atoms with Gasteiger partial charge in [-0.3, -0.25) is 4.79 Å². The number of fused-ring (bicyclic) bond motifs is 1. The molecule has 0 spiro atoms. The van der Waals surface area contributed by atoms with E-state index in [1.807, 2.05) is 0 Å². The molecular weight excluding hydrogens is 159 g/mol. The van der Waals surface area contributed by atoms with E-state index in [0.29, 0.717) is 18.6 Å². The first kappa shape index (κ1) is 7.28. The number of hydrogen-bond donors (Lipinski definition) is 0. The number of aldehydes is 1. The molecule has 0 N–H and O–H groups in total. The maximum absolute atomic E-state index is 12.9. The third-order valence-electron chi connectivity index (χ3n) is 1.94. The second-order valence-corrected chi connectivity index (χ2v) is 2.70. The maximum atomic E-state index is 12.9. The molecule has 0 amide bonds. The van der Waals surface area contributed by atoms with Crippen LogP contribution in [0.15, 0.2) is 12.1 Å². The highest BCUT2D eigenvalue weighted by molar-refractivity contribution is 5.76. The van der Waals surface area contributed by atoms with Crippen LogP contribution in [-0.2, 0) is 6.42 Å². The molecule has 0 aromatic heterocycles. The van der Waals surface area contributed by atoms with Crippen molar-refractivity contribution in [3.8, 4) is 5.75 Å². The zero-order chi connectivity index (χ0) is 8.55. The molecule has 1 aromatic rings. The smallest absolute Gasteiger partial charge is 0.153 e. The van der Waals surface area contributed by atoms with Crippen molar-refractivity contribution in [2.75, 3.05) is 6.61 Å². The van der Waals surface area contributed by atoms with Gasteiger partial charge >= 0.3 is 0 Å². The lowest BCUT2D eigenvalue weighted by Crippen LogP contribution is -1.89. The summed E-state index contributed by atoms with van der Waals surface area (Å²) in [6, 6.07) is 2.82. The Balaban J connectivity index is 2.56. The van der Waals surface area contributed by atoms with E-state index in [-0.39, 0.29) is 5.56 Å². The topological polar surface area (TPSA) is 26.3 Å². The number of benzene rings is 1. The molecule has 1 aromatic carbocycles. The van der Waals surface area contributed by atoms with E-state index in [9.17, 15) is 9.18 Å². The molecular formula is C9H7FO2. The number of hydrogen-bond acceptors (Lipinski definition) is 2. The number of rotatable bonds is 1. The fourth-order valence-corrected chi connectivity index (χ4v) is 1.31. The van der Waals surface area contributed by atoms with Crippen molar-refractivity contribution in [3.05, 3.63) is 29.1 Å². The molecule has 0 saturated heterocycles. The molecule has 0 atom stereocenters. The molecule has 2 rings (SSSR count). The van der Waals surface area contributed by atoms with Gasteiger partial charge in [0.1, 0.15) is 11.6 Å². The Morgan fingerprint density at radius 1 is 1.50 bits per heavy atom. The van der Waals surface area contributed by atoms with Gasteiger partial charge in [0.2, 0.25) is 0 Å². The molecule has 62 valence electrons. The van der Waals surface area contributed by atoms with Crippen LogP contribution < -0.4 is 4.74 Å². The van der Waals surface area contributed by atoms with E-state index in [0.717, 1.165) is 12.0 Å². The van der Waals surface area contributed by atoms with Crippen molar-refractivity contribution < 1.29 is 13.9 Å². The molecule has 0 unspecified atom stereocenters. The second-order valence-electron chi connectivity index (χ2n) is 2.70. The van der Waals surface area contributed by atoms with Crippen molar-refractivity contribution in [2.45, 2.75) is 6.42 Å². The third-order valence-corrected chi connectivity index (χ3v) is 1.94. The summed E-state index contributed by atoms with van der Waals surface area (Å²) in [4.78, 5) is 10.3. The molecule has 12 heavy (non-hydrogen) atoms. The largest absolute Gasteiger partial charge is 0.493 e. The van der Waals surface area contributed by atoms with Crippen LogP contribution in [0.5, 0.6) is 5.75 Å². The molecule has 3 heteroatoms. The Hall–Kier alpha value is -1.38. The Labute approximate surface area is 69.0 Å². The minimum atomic E-state index is -0.509. The lowest BCUT2D eigenvalue weighted by Gasteiger charge is -1.99. The predicted octanol–water partition coefficient (Wildman–Crippen LogP) is 1.57. The van der Waals surface area contributed by atoms with Gasteiger partial charge in [-0.1, -0.05) is 0 Å². The van der Waals surface area contributed by atoms with Crippen molar-refractivity contribution in [1.82, 2.24) is 0 Å². The Morgan fingerprint density at radius 3 is 3.08 bits per heavy atom. The zero-order valence-electron chi connectivity index (χ0n) is 6.34. The molecule has 1 heterocycles. The summed E-state index contributed by atoms with van der Waals surface area (Å²) in [5, 5.41) is 0. The van der Waals surface area contributed by atoms with E-state index in [4.69, 9.17) is 4.74 Å². The molecule has 0 aliphatic carbocycles. The predicted molar refractivity (Wildman–Crippen MR) is 41.0 cm³/mol. The number of carbonyl (C=O) groups is 1. The first-order valence-corrected chi connectivity index (χ1v) is 3.71. The van der Waals surface area contributed by atoms with Crippen molar-refractivity contribution in [1.29, 1.82) is 0 Å². The first-order chi connectivity index (χ1) is 5.81. The van der Waals surface area contributed by atoms with Gasteiger partial charge in [-0.15, -0.1) is 0 Å². The molecule has 1 aliphatic rings. The monoisotopic (exact) mass is 166 g/mol. The van der Waals surface area contributed by atoms with Gasteiger partial charge in [0.15, 0.2) is 6.29 Å². The van der Waals surface area contributed by atoms with Crippen molar-refractivity contribution in [2.24, 2.45) is 0 Å². The minimum absolute atomic E-state index is 0.110. The number of halogens is 1. The highest BCUT2D eigenvalue weighted by Gasteiger charge is 2.15. The van der Waals surface area contributed by atoms with Gasteiger partial charge in [0.25, 0.3) is 0 Å². The number of carbonyl (C=O) groups excluding carboxylic acids is 1. The molecule has 0 fully saturated rings. The van der Waals surface area contributed by atoms with E-state index in [2.05, 4.69) is 0 Å². The second kappa shape index (κ2) is 2.59. The molecule has 2 nitrogen and oxygen atoms in total. The van der Waals surface area contributed by atoms with Crippen LogP contribution in [0.4, 0.5) is 4.39 Å². The zero-order valence-corrected chi connectivity index (χ0v) is 6.34. The van der Waals surface area contributed by atoms with Gasteiger partial charge in [-0.25, -0.2) is 4.39 Å². The summed E-state index contributed by atoms with van der Waals surface area (Å²) in [6.45, 7) is 0.580. The van der Waals surface area contributed by atoms with E-state index < -0.39 is 5.82 Å². The van der Waals surface area contributed by atoms with Crippen molar-refractivity contribution >= 4 is 6.29 Å². The average molecular weight is 166 g/mol. The average Bonchev–Trinajstić information content (AvgIpc) is 2.49. The summed E-state index contributed by atoms with van der Waals surface area (Å²) in [7, 11) is 0. The molecule has 1 aliphatic heterocycles. The fraction of sp³-hybridized carbons (Fsp3) is 0.222. The van der Waals surface area contributed by atoms with Crippen LogP contribution in [0, 0.1) is 5.82 Å². The Morgan fingerprint density at radius 2 is 2.33 bits per heavy atom. The highest BCUT2D eigenvalue weighted by Crippen LogP contribution is 2.27. The quantitative estimate of drug-likeness (QED) is 0.592. The van der Waals surface area contributed by atoms with Gasteiger partial charge in [0.05, 0.1) is 12.2 Å². The van der Waals surface area contributed by atoms with Crippen LogP contribution >= 0.6 is 0 Å². The van der Waals surface area contributed by atoms with Crippen LogP contribution in [0.3, 0.4) is 0 Å². The summed E-state index contributed by atoms with van der Waals surface area (Å²) in [6.07, 6.45) is 1.28. The summed E-state index contributed by atoms with van der Waals surface area (Å²) in [5.41, 5.74) is 1.03. The first-order valence-electron chi connectivity index (χ1n) is 3.71. The molecule has 0 radical (unpaired) electrons. The van der Waals surface area contributed by atoms with E-state index in [1.165, 1.54) is 6.07 Å². The van der Waals surface area contributed by atoms with Gasteiger partial charge in [-0.05, 0) is 11.6 Å². The van der Waals surface area contributed by atoms with Crippen LogP contribution in [-0.4, -0.2) is 12.9 Å². The normalized spacial score (nSPS) is 13.8.